The minimum atomic E-state index is 0.00978. The van der Waals surface area contributed by atoms with E-state index in [4.69, 9.17) is 4.74 Å². The third-order valence-corrected chi connectivity index (χ3v) is 6.62. The fraction of sp³-hybridized carbons (Fsp3) is 0.583. The summed E-state index contributed by atoms with van der Waals surface area (Å²) in [7, 11) is 1.96. The van der Waals surface area contributed by atoms with E-state index in [1.54, 1.807) is 0 Å². The molecule has 2 heterocycles. The maximum atomic E-state index is 13.2. The van der Waals surface area contributed by atoms with Gasteiger partial charge in [-0.3, -0.25) is 14.4 Å². The van der Waals surface area contributed by atoms with Crippen molar-refractivity contribution in [3.05, 3.63) is 53.3 Å². The van der Waals surface area contributed by atoms with Gasteiger partial charge in [0.15, 0.2) is 0 Å². The lowest BCUT2D eigenvalue weighted by Gasteiger charge is -2.35. The van der Waals surface area contributed by atoms with Gasteiger partial charge in [0.2, 0.25) is 5.91 Å². The van der Waals surface area contributed by atoms with Crippen molar-refractivity contribution in [3.8, 4) is 0 Å². The van der Waals surface area contributed by atoms with Crippen LogP contribution in [-0.4, -0.2) is 57.3 Å². The summed E-state index contributed by atoms with van der Waals surface area (Å²) in [4.78, 5) is 17.6. The monoisotopic (exact) mass is 410 g/mol. The van der Waals surface area contributed by atoms with Crippen LogP contribution in [-0.2, 0) is 29.7 Å². The molecule has 0 bridgehead atoms. The summed E-state index contributed by atoms with van der Waals surface area (Å²) in [6.07, 6.45) is 7.92. The topological polar surface area (TPSA) is 50.6 Å². The minimum absolute atomic E-state index is 0.00978. The van der Waals surface area contributed by atoms with Crippen LogP contribution in [0.2, 0.25) is 0 Å². The largest absolute Gasteiger partial charge is 0.370 e. The number of aryl methyl sites for hydroxylation is 1. The van der Waals surface area contributed by atoms with Crippen LogP contribution in [0, 0.1) is 6.92 Å². The molecule has 1 aliphatic carbocycles. The summed E-state index contributed by atoms with van der Waals surface area (Å²) in [6.45, 7) is 5.30. The molecule has 1 amide bonds. The van der Waals surface area contributed by atoms with Crippen molar-refractivity contribution in [2.75, 3.05) is 19.6 Å². The number of carbonyl (C=O) groups excluding carboxylic acids is 1. The Morgan fingerprint density at radius 2 is 1.87 bits per heavy atom. The minimum Gasteiger partial charge on any atom is -0.370 e. The van der Waals surface area contributed by atoms with Crippen LogP contribution in [0.1, 0.15) is 48.9 Å². The van der Waals surface area contributed by atoms with Gasteiger partial charge in [0.25, 0.3) is 0 Å². The number of ether oxygens (including phenoxy) is 1. The van der Waals surface area contributed by atoms with Gasteiger partial charge in [-0.25, -0.2) is 0 Å². The molecule has 4 rings (SSSR count). The molecule has 30 heavy (non-hydrogen) atoms. The molecule has 0 spiro atoms. The smallest absolute Gasteiger partial charge is 0.237 e. The first kappa shape index (κ1) is 21.1. The number of rotatable bonds is 6. The molecule has 1 aromatic carbocycles. The molecule has 0 radical (unpaired) electrons. The maximum absolute atomic E-state index is 13.2. The average Bonchev–Trinajstić information content (AvgIpc) is 2.99. The first-order valence-corrected chi connectivity index (χ1v) is 11.2. The highest BCUT2D eigenvalue weighted by Crippen LogP contribution is 2.25. The Kier molecular flexibility index (Phi) is 6.85. The third-order valence-electron chi connectivity index (χ3n) is 6.62. The molecule has 0 N–H and O–H groups in total. The second kappa shape index (κ2) is 9.75. The lowest BCUT2D eigenvalue weighted by atomic mass is 9.94. The third kappa shape index (κ3) is 5.10. The normalized spacial score (nSPS) is 21.7. The molecule has 1 unspecified atom stereocenters. The zero-order chi connectivity index (χ0) is 20.9. The maximum Gasteiger partial charge on any atom is 0.237 e. The van der Waals surface area contributed by atoms with Crippen LogP contribution < -0.4 is 0 Å². The van der Waals surface area contributed by atoms with Crippen LogP contribution in [0.15, 0.2) is 36.5 Å². The van der Waals surface area contributed by atoms with E-state index >= 15 is 0 Å². The van der Waals surface area contributed by atoms with Gasteiger partial charge >= 0.3 is 0 Å². The predicted molar refractivity (Wildman–Crippen MR) is 117 cm³/mol. The van der Waals surface area contributed by atoms with Gasteiger partial charge in [-0.15, -0.1) is 0 Å². The van der Waals surface area contributed by atoms with Crippen molar-refractivity contribution in [1.29, 1.82) is 0 Å². The van der Waals surface area contributed by atoms with Crippen LogP contribution in [0.5, 0.6) is 0 Å². The van der Waals surface area contributed by atoms with Crippen molar-refractivity contribution in [2.45, 2.75) is 64.3 Å². The second-order valence-electron chi connectivity index (χ2n) is 8.80. The summed E-state index contributed by atoms with van der Waals surface area (Å²) < 4.78 is 8.26. The Morgan fingerprint density at radius 3 is 2.57 bits per heavy atom. The summed E-state index contributed by atoms with van der Waals surface area (Å²) in [5, 5.41) is 4.37. The number of benzene rings is 1. The standard InChI is InChI=1S/C24H34N4O2/c1-19-21(13-25-26(19)2)14-27-15-23(30-18-20-9-5-3-6-10-20)16-28(24(29)17-27)22-11-7-4-8-12-22/h3,5-6,9-10,13,22-23H,4,7-8,11-12,14-18H2,1-2H3. The zero-order valence-electron chi connectivity index (χ0n) is 18.3. The molecule has 1 saturated heterocycles. The molecule has 1 atom stereocenters. The highest BCUT2D eigenvalue weighted by atomic mass is 16.5. The Labute approximate surface area is 179 Å². The van der Waals surface area contributed by atoms with Crippen LogP contribution in [0.4, 0.5) is 0 Å². The van der Waals surface area contributed by atoms with Crippen molar-refractivity contribution < 1.29 is 9.53 Å². The quantitative estimate of drug-likeness (QED) is 0.733. The molecule has 1 aliphatic heterocycles. The number of amides is 1. The highest BCUT2D eigenvalue weighted by Gasteiger charge is 2.33. The SMILES string of the molecule is Cc1c(CN2CC(=O)N(C3CCCCC3)CC(OCc3ccccc3)C2)cnn1C. The number of aromatic nitrogens is 2. The van der Waals surface area contributed by atoms with Crippen molar-refractivity contribution >= 4 is 5.91 Å². The molecule has 162 valence electrons. The van der Waals surface area contributed by atoms with E-state index in [0.29, 0.717) is 25.7 Å². The molecule has 2 fully saturated rings. The van der Waals surface area contributed by atoms with Gasteiger partial charge in [0.1, 0.15) is 0 Å². The molecular formula is C24H34N4O2. The number of hydrogen-bond acceptors (Lipinski definition) is 4. The lowest BCUT2D eigenvalue weighted by Crippen LogP contribution is -2.45. The predicted octanol–water partition coefficient (Wildman–Crippen LogP) is 3.29. The molecule has 6 nitrogen and oxygen atoms in total. The van der Waals surface area contributed by atoms with E-state index in [2.05, 4.69) is 34.0 Å². The van der Waals surface area contributed by atoms with Crippen LogP contribution in [0.25, 0.3) is 0 Å². The number of nitrogens with zero attached hydrogens (tertiary/aromatic N) is 4. The Bertz CT molecular complexity index is 829. The summed E-state index contributed by atoms with van der Waals surface area (Å²) in [5.74, 6) is 0.245. The van der Waals surface area contributed by atoms with Crippen molar-refractivity contribution in [1.82, 2.24) is 19.6 Å². The number of carbonyl (C=O) groups is 1. The molecule has 1 aromatic heterocycles. The van der Waals surface area contributed by atoms with Crippen molar-refractivity contribution in [3.63, 3.8) is 0 Å². The van der Waals surface area contributed by atoms with Gasteiger partial charge in [0, 0.05) is 44.0 Å². The molecule has 2 aliphatic rings. The van der Waals surface area contributed by atoms with Gasteiger partial charge in [-0.05, 0) is 25.3 Å². The fourth-order valence-corrected chi connectivity index (χ4v) is 4.71. The molecule has 6 heteroatoms. The Hall–Kier alpha value is -2.18. The Morgan fingerprint density at radius 1 is 1.10 bits per heavy atom. The van der Waals surface area contributed by atoms with Crippen molar-refractivity contribution in [2.24, 2.45) is 7.05 Å². The lowest BCUT2D eigenvalue weighted by molar-refractivity contribution is -0.135. The van der Waals surface area contributed by atoms with Gasteiger partial charge in [-0.2, -0.15) is 5.10 Å². The second-order valence-corrected chi connectivity index (χ2v) is 8.80. The molecule has 1 saturated carbocycles. The first-order valence-electron chi connectivity index (χ1n) is 11.2. The highest BCUT2D eigenvalue weighted by molar-refractivity contribution is 5.79. The zero-order valence-corrected chi connectivity index (χ0v) is 18.3. The average molecular weight is 411 g/mol. The van der Waals surface area contributed by atoms with E-state index in [-0.39, 0.29) is 12.0 Å². The van der Waals surface area contributed by atoms with E-state index in [0.717, 1.165) is 31.6 Å². The van der Waals surface area contributed by atoms with Gasteiger partial charge < -0.3 is 9.64 Å². The fourth-order valence-electron chi connectivity index (χ4n) is 4.71. The Balaban J connectivity index is 1.49. The van der Waals surface area contributed by atoms with Gasteiger partial charge in [0.05, 0.1) is 25.5 Å². The summed E-state index contributed by atoms with van der Waals surface area (Å²) in [5.41, 5.74) is 3.50. The van der Waals surface area contributed by atoms with Crippen LogP contribution >= 0.6 is 0 Å². The molecular weight excluding hydrogens is 376 g/mol. The van der Waals surface area contributed by atoms with Crippen LogP contribution in [0.3, 0.4) is 0 Å². The number of hydrogen-bond donors (Lipinski definition) is 0. The van der Waals surface area contributed by atoms with E-state index in [1.165, 1.54) is 30.4 Å². The van der Waals surface area contributed by atoms with E-state index < -0.39 is 0 Å². The van der Waals surface area contributed by atoms with E-state index in [1.807, 2.05) is 36.1 Å². The summed E-state index contributed by atoms with van der Waals surface area (Å²) >= 11 is 0. The molecule has 2 aromatic rings. The summed E-state index contributed by atoms with van der Waals surface area (Å²) in [6, 6.07) is 10.7. The van der Waals surface area contributed by atoms with Gasteiger partial charge in [-0.1, -0.05) is 49.6 Å². The first-order chi connectivity index (χ1) is 14.6. The van der Waals surface area contributed by atoms with E-state index in [9.17, 15) is 4.79 Å².